The molecule has 0 spiro atoms. The molecule has 0 amide bonds. The van der Waals surface area contributed by atoms with Crippen LogP contribution in [-0.4, -0.2) is 24.1 Å². The highest BCUT2D eigenvalue weighted by molar-refractivity contribution is 6.11. The van der Waals surface area contributed by atoms with E-state index in [4.69, 9.17) is 32.8 Å². The maximum absolute atomic E-state index is 9.95. The normalized spacial score (nSPS) is 17.2. The van der Waals surface area contributed by atoms with Crippen molar-refractivity contribution in [2.24, 2.45) is 0 Å². The van der Waals surface area contributed by atoms with Crippen LogP contribution in [-0.2, 0) is 5.41 Å². The summed E-state index contributed by atoms with van der Waals surface area (Å²) in [5.41, 5.74) is 5.17. The Morgan fingerprint density at radius 3 is 1.63 bits per heavy atom. The summed E-state index contributed by atoms with van der Waals surface area (Å²) in [5, 5.41) is -1.43. The predicted octanol–water partition coefficient (Wildman–Crippen LogP) is 15.0. The van der Waals surface area contributed by atoms with Crippen molar-refractivity contribution in [1.82, 2.24) is 24.1 Å². The van der Waals surface area contributed by atoms with Crippen LogP contribution < -0.4 is 0 Å². The van der Waals surface area contributed by atoms with Crippen molar-refractivity contribution in [3.8, 4) is 67.8 Å². The van der Waals surface area contributed by atoms with Gasteiger partial charge >= 0.3 is 0 Å². The van der Waals surface area contributed by atoms with Gasteiger partial charge in [0.1, 0.15) is 0 Å². The van der Waals surface area contributed by atoms with Crippen LogP contribution in [0.5, 0.6) is 0 Å². The first-order chi connectivity index (χ1) is 40.3. The van der Waals surface area contributed by atoms with Crippen molar-refractivity contribution in [3.05, 3.63) is 223 Å². The van der Waals surface area contributed by atoms with Crippen LogP contribution >= 0.6 is 0 Å². The van der Waals surface area contributed by atoms with Crippen LogP contribution in [0.25, 0.3) is 111 Å². The van der Waals surface area contributed by atoms with Crippen LogP contribution in [0.2, 0.25) is 0 Å². The molecule has 65 heavy (non-hydrogen) atoms. The van der Waals surface area contributed by atoms with Crippen molar-refractivity contribution >= 4 is 43.6 Å². The molecule has 0 fully saturated rings. The number of fused-ring (bicyclic) bond motifs is 9. The Balaban J connectivity index is 1.13. The van der Waals surface area contributed by atoms with E-state index in [0.717, 1.165) is 37.0 Å². The molecule has 0 N–H and O–H groups in total. The predicted molar refractivity (Wildman–Crippen MR) is 268 cm³/mol. The van der Waals surface area contributed by atoms with Gasteiger partial charge in [-0.05, 0) is 85.9 Å². The Labute approximate surface area is 404 Å². The van der Waals surface area contributed by atoms with E-state index < -0.39 is 160 Å². The first kappa shape index (κ1) is 22.3. The molecule has 3 heterocycles. The molecule has 306 valence electrons. The minimum Gasteiger partial charge on any atom is -0.278 e. The fraction of sp³-hybridized carbons (Fsp3) is 0.0500. The van der Waals surface area contributed by atoms with Gasteiger partial charge in [0, 0.05) is 32.5 Å². The molecular formula is C60H41N5. The summed E-state index contributed by atoms with van der Waals surface area (Å²) in [5.74, 6) is -1.37. The molecule has 0 radical (unpaired) electrons. The zero-order valence-electron chi connectivity index (χ0n) is 54.4. The molecule has 0 unspecified atom stereocenters. The molecule has 13 rings (SSSR count). The highest BCUT2D eigenvalue weighted by Gasteiger charge is 2.36. The number of rotatable bonds is 6. The van der Waals surface area contributed by atoms with E-state index in [9.17, 15) is 9.60 Å². The van der Waals surface area contributed by atoms with Crippen molar-refractivity contribution in [3.63, 3.8) is 0 Å². The first-order valence-corrected chi connectivity index (χ1v) is 20.6. The summed E-state index contributed by atoms with van der Waals surface area (Å²) in [7, 11) is 0. The van der Waals surface area contributed by atoms with Crippen molar-refractivity contribution in [2.75, 3.05) is 0 Å². The molecule has 0 atom stereocenters. The van der Waals surface area contributed by atoms with E-state index in [0.29, 0.717) is 5.56 Å². The van der Waals surface area contributed by atoms with Crippen molar-refractivity contribution < 1.29 is 27.4 Å². The van der Waals surface area contributed by atoms with Gasteiger partial charge in [-0.15, -0.1) is 0 Å². The van der Waals surface area contributed by atoms with Crippen molar-refractivity contribution in [2.45, 2.75) is 19.3 Å². The van der Waals surface area contributed by atoms with Crippen LogP contribution in [0.4, 0.5) is 0 Å². The van der Waals surface area contributed by atoms with E-state index in [-0.39, 0.29) is 44.0 Å². The van der Waals surface area contributed by atoms with E-state index in [1.54, 1.807) is 18.2 Å². The first-order valence-electron chi connectivity index (χ1n) is 30.6. The summed E-state index contributed by atoms with van der Waals surface area (Å²) < 4.78 is 182. The van der Waals surface area contributed by atoms with Gasteiger partial charge in [0.15, 0.2) is 5.82 Å². The zero-order chi connectivity index (χ0) is 60.6. The highest BCUT2D eigenvalue weighted by Crippen LogP contribution is 2.52. The van der Waals surface area contributed by atoms with Gasteiger partial charge in [-0.1, -0.05) is 195 Å². The third-order valence-electron chi connectivity index (χ3n) is 12.2. The summed E-state index contributed by atoms with van der Waals surface area (Å²) in [6, 6.07) is 14.4. The lowest BCUT2D eigenvalue weighted by Gasteiger charge is -2.21. The maximum Gasteiger partial charge on any atom is 0.240 e. The third kappa shape index (κ3) is 5.75. The van der Waals surface area contributed by atoms with Crippen LogP contribution in [0.15, 0.2) is 212 Å². The number of benzene rings is 9. The topological polar surface area (TPSA) is 48.5 Å². The Morgan fingerprint density at radius 2 is 0.938 bits per heavy atom. The fourth-order valence-corrected chi connectivity index (χ4v) is 9.19. The second kappa shape index (κ2) is 14.3. The van der Waals surface area contributed by atoms with Gasteiger partial charge in [0.25, 0.3) is 0 Å². The average Bonchev–Trinajstić information content (AvgIpc) is 1.79. The lowest BCUT2D eigenvalue weighted by atomic mass is 9.82. The molecule has 12 aromatic rings. The van der Waals surface area contributed by atoms with Crippen LogP contribution in [0, 0.1) is 0 Å². The molecule has 0 aliphatic heterocycles. The van der Waals surface area contributed by atoms with E-state index in [1.165, 1.54) is 11.1 Å². The second-order valence-electron chi connectivity index (χ2n) is 16.1. The standard InChI is InChI=1S/C60H41N5/c1-60(2)50-25-10-6-23-49(50)56-44(24-15-26-51(56)60)40-32-30-39(31-33-40)41-18-14-19-43(36-41)57-61-58(64-52-27-11-7-20-45(52)46-21-8-12-28-53(46)64)63-59(62-57)65-54-29-13-9-22-47(54)48-35-34-42(37-55(48)65)38-16-4-3-5-17-38/h3-37H,1-2H3/i3D,4D,5D,7D,8D,9D,11D,12D,13D,16D,17D,20D,21D,22D,27D,28D,29D,34D,35D,37D. The van der Waals surface area contributed by atoms with E-state index in [2.05, 4.69) is 44.2 Å². The monoisotopic (exact) mass is 851 g/mol. The molecule has 1 aliphatic carbocycles. The number of nitrogens with zero attached hydrogens (tertiary/aromatic N) is 5. The van der Waals surface area contributed by atoms with E-state index >= 15 is 0 Å². The quantitative estimate of drug-likeness (QED) is 0.167. The Kier molecular flexibility index (Phi) is 4.91. The summed E-state index contributed by atoms with van der Waals surface area (Å²) in [6.45, 7) is 4.42. The molecule has 0 bridgehead atoms. The Morgan fingerprint density at radius 1 is 0.400 bits per heavy atom. The lowest BCUT2D eigenvalue weighted by molar-refractivity contribution is 0.660. The second-order valence-corrected chi connectivity index (χ2v) is 16.1. The minimum absolute atomic E-state index is 0.227. The summed E-state index contributed by atoms with van der Waals surface area (Å²) in [6.07, 6.45) is 0. The Hall–Kier alpha value is -8.41. The molecule has 5 heteroatoms. The molecule has 0 saturated carbocycles. The highest BCUT2D eigenvalue weighted by atomic mass is 15.3. The number of aromatic nitrogens is 5. The average molecular weight is 852 g/mol. The van der Waals surface area contributed by atoms with Crippen LogP contribution in [0.3, 0.4) is 0 Å². The SMILES string of the molecule is [2H]c1c([2H])c([2H])c(-c2c([2H])c([2H])c3c4c([2H])c([2H])c([2H])c([2H])c4n(-c4nc(-c5cccc(-c6ccc(-c7cccc8c7-c7ccccc7C8(C)C)cc6)c5)nc(-n5c6c([2H])c([2H])c([2H])c([2H])c6c6c([2H])c([2H])c([2H])c([2H])c65)n4)c3c2[2H])c([2H])c1[2H]. The molecule has 0 saturated heterocycles. The number of hydrogen-bond acceptors (Lipinski definition) is 3. The van der Waals surface area contributed by atoms with Crippen molar-refractivity contribution in [1.29, 1.82) is 0 Å². The lowest BCUT2D eigenvalue weighted by Crippen LogP contribution is -2.14. The van der Waals surface area contributed by atoms with Gasteiger partial charge in [-0.3, -0.25) is 9.13 Å². The zero-order valence-corrected chi connectivity index (χ0v) is 34.4. The van der Waals surface area contributed by atoms with E-state index in [1.807, 2.05) is 42.5 Å². The van der Waals surface area contributed by atoms with Gasteiger partial charge in [0.2, 0.25) is 11.9 Å². The van der Waals surface area contributed by atoms with Gasteiger partial charge < -0.3 is 0 Å². The molecule has 5 nitrogen and oxygen atoms in total. The third-order valence-corrected chi connectivity index (χ3v) is 12.2. The minimum atomic E-state index is -0.822. The molecular weight excluding hydrogens is 791 g/mol. The Bertz CT molecular complexity index is 4950. The maximum atomic E-state index is 9.95. The fourth-order valence-electron chi connectivity index (χ4n) is 9.19. The van der Waals surface area contributed by atoms with Gasteiger partial charge in [-0.2, -0.15) is 15.0 Å². The molecule has 3 aromatic heterocycles. The smallest absolute Gasteiger partial charge is 0.240 e. The van der Waals surface area contributed by atoms with Crippen LogP contribution in [0.1, 0.15) is 52.4 Å². The van der Waals surface area contributed by atoms with Gasteiger partial charge in [0.05, 0.1) is 49.5 Å². The largest absolute Gasteiger partial charge is 0.278 e. The molecule has 9 aromatic carbocycles. The van der Waals surface area contributed by atoms with Gasteiger partial charge in [-0.25, -0.2) is 0 Å². The summed E-state index contributed by atoms with van der Waals surface area (Å²) in [4.78, 5) is 14.7. The molecule has 1 aliphatic rings. The summed E-state index contributed by atoms with van der Waals surface area (Å²) >= 11 is 0. The number of hydrogen-bond donors (Lipinski definition) is 0. The number of para-hydroxylation sites is 3.